The van der Waals surface area contributed by atoms with E-state index in [2.05, 4.69) is 15.4 Å². The monoisotopic (exact) mass is 417 g/mol. The van der Waals surface area contributed by atoms with Gasteiger partial charge in [0.1, 0.15) is 4.21 Å². The molecule has 142 valence electrons. The van der Waals surface area contributed by atoms with E-state index in [0.29, 0.717) is 30.9 Å². The molecule has 1 aromatic carbocycles. The molecule has 1 amide bonds. The van der Waals surface area contributed by atoms with E-state index < -0.39 is 16.1 Å². The minimum atomic E-state index is -3.65. The van der Waals surface area contributed by atoms with Gasteiger partial charge >= 0.3 is 0 Å². The van der Waals surface area contributed by atoms with Gasteiger partial charge in [-0.15, -0.1) is 23.7 Å². The number of sulfonamides is 1. The zero-order valence-electron chi connectivity index (χ0n) is 13.7. The van der Waals surface area contributed by atoms with Crippen LogP contribution in [0.3, 0.4) is 0 Å². The molecule has 1 fully saturated rings. The Morgan fingerprint density at radius 3 is 2.73 bits per heavy atom. The first-order valence-electron chi connectivity index (χ1n) is 7.79. The SMILES string of the molecule is Cl.O=C(NCC1CNCC1O)c1cccc(NS(=O)(=O)c2cccs2)c1. The molecule has 26 heavy (non-hydrogen) atoms. The summed E-state index contributed by atoms with van der Waals surface area (Å²) >= 11 is 1.12. The fourth-order valence-corrected chi connectivity index (χ4v) is 4.64. The molecule has 10 heteroatoms. The standard InChI is InChI=1S/C16H19N3O4S2.ClH/c20-14-10-17-8-12(14)9-18-16(21)11-3-1-4-13(7-11)19-25(22,23)15-5-2-6-24-15;/h1-7,12,14,17,19-20H,8-10H2,(H,18,21);1H. The molecule has 0 spiro atoms. The van der Waals surface area contributed by atoms with Crippen LogP contribution in [-0.2, 0) is 10.0 Å². The second-order valence-corrected chi connectivity index (χ2v) is 8.67. The quantitative estimate of drug-likeness (QED) is 0.566. The molecule has 2 heterocycles. The smallest absolute Gasteiger partial charge is 0.271 e. The van der Waals surface area contributed by atoms with Gasteiger partial charge in [-0.2, -0.15) is 0 Å². The number of β-amino-alcohol motifs (C(OH)–C–C–N with tert-alkyl or cyclic N) is 1. The van der Waals surface area contributed by atoms with Crippen LogP contribution in [0.25, 0.3) is 0 Å². The zero-order valence-corrected chi connectivity index (χ0v) is 16.2. The number of thiophene rings is 1. The molecule has 2 aromatic rings. The van der Waals surface area contributed by atoms with Crippen molar-refractivity contribution in [3.05, 3.63) is 47.3 Å². The maximum atomic E-state index is 12.3. The highest BCUT2D eigenvalue weighted by Crippen LogP contribution is 2.21. The highest BCUT2D eigenvalue weighted by atomic mass is 35.5. The van der Waals surface area contributed by atoms with Crippen LogP contribution in [-0.4, -0.2) is 45.2 Å². The first-order valence-corrected chi connectivity index (χ1v) is 10.2. The maximum Gasteiger partial charge on any atom is 0.271 e. The number of aliphatic hydroxyl groups excluding tert-OH is 1. The predicted octanol–water partition coefficient (Wildman–Crippen LogP) is 1.28. The third-order valence-electron chi connectivity index (χ3n) is 3.97. The van der Waals surface area contributed by atoms with Crippen molar-refractivity contribution in [2.24, 2.45) is 5.92 Å². The van der Waals surface area contributed by atoms with Crippen molar-refractivity contribution in [1.82, 2.24) is 10.6 Å². The van der Waals surface area contributed by atoms with E-state index in [0.717, 1.165) is 11.3 Å². The number of rotatable bonds is 6. The lowest BCUT2D eigenvalue weighted by Gasteiger charge is -2.14. The predicted molar refractivity (Wildman–Crippen MR) is 104 cm³/mol. The molecule has 1 saturated heterocycles. The Bertz CT molecular complexity index is 843. The van der Waals surface area contributed by atoms with Crippen LogP contribution in [0.1, 0.15) is 10.4 Å². The molecule has 3 rings (SSSR count). The lowest BCUT2D eigenvalue weighted by molar-refractivity contribution is 0.0927. The van der Waals surface area contributed by atoms with E-state index in [9.17, 15) is 18.3 Å². The van der Waals surface area contributed by atoms with Gasteiger partial charge in [-0.25, -0.2) is 8.42 Å². The summed E-state index contributed by atoms with van der Waals surface area (Å²) in [5, 5.41) is 17.3. The van der Waals surface area contributed by atoms with Crippen LogP contribution in [0.15, 0.2) is 46.0 Å². The van der Waals surface area contributed by atoms with Crippen LogP contribution < -0.4 is 15.4 Å². The number of aliphatic hydroxyl groups is 1. The molecular weight excluding hydrogens is 398 g/mol. The van der Waals surface area contributed by atoms with Crippen LogP contribution in [0.5, 0.6) is 0 Å². The normalized spacial score (nSPS) is 19.6. The van der Waals surface area contributed by atoms with Crippen LogP contribution in [0.2, 0.25) is 0 Å². The molecule has 1 aliphatic rings. The molecule has 0 aliphatic carbocycles. The van der Waals surface area contributed by atoms with E-state index in [1.165, 1.54) is 12.1 Å². The summed E-state index contributed by atoms with van der Waals surface area (Å²) in [6, 6.07) is 9.49. The summed E-state index contributed by atoms with van der Waals surface area (Å²) in [6.45, 7) is 1.54. The molecular formula is C16H20ClN3O4S2. The molecule has 1 aliphatic heterocycles. The van der Waals surface area contributed by atoms with Gasteiger partial charge in [0.25, 0.3) is 15.9 Å². The molecule has 0 saturated carbocycles. The van der Waals surface area contributed by atoms with Crippen molar-refractivity contribution < 1.29 is 18.3 Å². The second-order valence-electron chi connectivity index (χ2n) is 5.81. The molecule has 1 aromatic heterocycles. The van der Waals surface area contributed by atoms with Crippen molar-refractivity contribution in [3.8, 4) is 0 Å². The van der Waals surface area contributed by atoms with Gasteiger partial charge in [-0.05, 0) is 29.6 Å². The second kappa shape index (κ2) is 8.83. The van der Waals surface area contributed by atoms with Gasteiger partial charge in [0.05, 0.1) is 6.10 Å². The number of hydrogen-bond acceptors (Lipinski definition) is 6. The minimum absolute atomic E-state index is 0. The van der Waals surface area contributed by atoms with Gasteiger partial charge in [0.2, 0.25) is 0 Å². The van der Waals surface area contributed by atoms with E-state index in [1.54, 1.807) is 29.6 Å². The number of benzene rings is 1. The van der Waals surface area contributed by atoms with Crippen molar-refractivity contribution in [2.75, 3.05) is 24.4 Å². The number of anilines is 1. The minimum Gasteiger partial charge on any atom is -0.391 e. The molecule has 0 radical (unpaired) electrons. The van der Waals surface area contributed by atoms with Gasteiger partial charge in [0, 0.05) is 36.8 Å². The topological polar surface area (TPSA) is 108 Å². The number of hydrogen-bond donors (Lipinski definition) is 4. The summed E-state index contributed by atoms with van der Waals surface area (Å²) in [5.74, 6) is -0.333. The number of carbonyl (C=O) groups is 1. The lowest BCUT2D eigenvalue weighted by Crippen LogP contribution is -2.34. The van der Waals surface area contributed by atoms with E-state index in [-0.39, 0.29) is 28.4 Å². The first kappa shape index (κ1) is 20.7. The maximum absolute atomic E-state index is 12.3. The van der Waals surface area contributed by atoms with E-state index in [4.69, 9.17) is 0 Å². The lowest BCUT2D eigenvalue weighted by atomic mass is 10.1. The summed E-state index contributed by atoms with van der Waals surface area (Å²) in [7, 11) is -3.65. The van der Waals surface area contributed by atoms with Crippen molar-refractivity contribution in [3.63, 3.8) is 0 Å². The Labute approximate surface area is 162 Å². The van der Waals surface area contributed by atoms with Crippen LogP contribution in [0.4, 0.5) is 5.69 Å². The molecule has 0 bridgehead atoms. The van der Waals surface area contributed by atoms with Gasteiger partial charge < -0.3 is 15.7 Å². The van der Waals surface area contributed by atoms with Gasteiger partial charge in [-0.3, -0.25) is 9.52 Å². The first-order chi connectivity index (χ1) is 12.0. The number of carbonyl (C=O) groups excluding carboxylic acids is 1. The average Bonchev–Trinajstić information content (AvgIpc) is 3.24. The van der Waals surface area contributed by atoms with E-state index >= 15 is 0 Å². The van der Waals surface area contributed by atoms with E-state index in [1.807, 2.05) is 0 Å². The third kappa shape index (κ3) is 4.95. The van der Waals surface area contributed by atoms with Crippen molar-refractivity contribution >= 4 is 45.4 Å². The Kier molecular flexibility index (Phi) is 7.01. The van der Waals surface area contributed by atoms with Crippen molar-refractivity contribution in [1.29, 1.82) is 0 Å². The number of nitrogens with one attached hydrogen (secondary N) is 3. The summed E-state index contributed by atoms with van der Waals surface area (Å²) in [4.78, 5) is 12.3. The fourth-order valence-electron chi connectivity index (χ4n) is 2.60. The molecule has 2 atom stereocenters. The highest BCUT2D eigenvalue weighted by molar-refractivity contribution is 7.94. The highest BCUT2D eigenvalue weighted by Gasteiger charge is 2.25. The van der Waals surface area contributed by atoms with Gasteiger partial charge in [-0.1, -0.05) is 12.1 Å². The summed E-state index contributed by atoms with van der Waals surface area (Å²) in [6.07, 6.45) is -0.468. The Morgan fingerprint density at radius 2 is 2.08 bits per heavy atom. The molecule has 4 N–H and O–H groups in total. The fraction of sp³-hybridized carbons (Fsp3) is 0.312. The molecule has 7 nitrogen and oxygen atoms in total. The number of halogens is 1. The summed E-state index contributed by atoms with van der Waals surface area (Å²) < 4.78 is 27.2. The third-order valence-corrected chi connectivity index (χ3v) is 6.74. The van der Waals surface area contributed by atoms with Crippen molar-refractivity contribution in [2.45, 2.75) is 10.3 Å². The summed E-state index contributed by atoms with van der Waals surface area (Å²) in [5.41, 5.74) is 0.676. The average molecular weight is 418 g/mol. The number of amides is 1. The Balaban J connectivity index is 0.00000243. The largest absolute Gasteiger partial charge is 0.391 e. The zero-order chi connectivity index (χ0) is 17.9. The van der Waals surface area contributed by atoms with Crippen LogP contribution >= 0.6 is 23.7 Å². The van der Waals surface area contributed by atoms with Crippen LogP contribution in [0, 0.1) is 5.92 Å². The Hall–Kier alpha value is -1.65. The Morgan fingerprint density at radius 1 is 1.27 bits per heavy atom. The molecule has 2 unspecified atom stereocenters. The van der Waals surface area contributed by atoms with Gasteiger partial charge in [0.15, 0.2) is 0 Å².